The first kappa shape index (κ1) is 44.2. The molecule has 2 fully saturated rings. The largest absolute Gasteiger partial charge is 0.438 e. The maximum absolute atomic E-state index is 16.1. The fourth-order valence-electron chi connectivity index (χ4n) is 10.8. The predicted molar refractivity (Wildman–Crippen MR) is 243 cm³/mol. The number of nitrogens with one attached hydrogen (secondary N) is 1. The van der Waals surface area contributed by atoms with Crippen LogP contribution in [-0.4, -0.2) is 111 Å². The Morgan fingerprint density at radius 3 is 2.36 bits per heavy atom. The molecule has 2 aliphatic heterocycles. The van der Waals surface area contributed by atoms with Crippen LogP contribution < -0.4 is 11.4 Å². The quantitative estimate of drug-likeness (QED) is 0.167. The van der Waals surface area contributed by atoms with Gasteiger partial charge >= 0.3 is 11.4 Å². The van der Waals surface area contributed by atoms with E-state index in [2.05, 4.69) is 54.2 Å². The van der Waals surface area contributed by atoms with Gasteiger partial charge in [-0.05, 0) is 125 Å². The van der Waals surface area contributed by atoms with Crippen LogP contribution >= 0.6 is 0 Å². The van der Waals surface area contributed by atoms with Gasteiger partial charge in [-0.25, -0.2) is 23.1 Å². The Labute approximate surface area is 406 Å². The zero-order chi connectivity index (χ0) is 45.4. The monoisotopic (exact) mass is 922 g/mol. The zero-order valence-electron chi connectivity index (χ0n) is 37.9. The summed E-state index contributed by atoms with van der Waals surface area (Å²) in [6.07, 6.45) is 7.17. The Morgan fingerprint density at radius 2 is 1.67 bits per heavy atom. The van der Waals surface area contributed by atoms with Crippen LogP contribution in [0, 0.1) is 31.4 Å². The number of halogens is 2. The average molecular weight is 923 g/mol. The topological polar surface area (TPSA) is 156 Å². The molecule has 66 heavy (non-hydrogen) atoms. The van der Waals surface area contributed by atoms with Crippen molar-refractivity contribution in [1.82, 2.24) is 48.3 Å². The molecule has 0 spiro atoms. The Hall–Kier alpha value is -5.62. The first-order chi connectivity index (χ1) is 31.1. The maximum atomic E-state index is 16.1. The second-order valence-electron chi connectivity index (χ2n) is 18.8. The molecule has 11 rings (SSSR count). The Morgan fingerprint density at radius 1 is 0.939 bits per heavy atom. The fourth-order valence-corrected chi connectivity index (χ4v) is 10.8. The van der Waals surface area contributed by atoms with Crippen molar-refractivity contribution in [3.63, 3.8) is 0 Å². The van der Waals surface area contributed by atoms with E-state index in [1.807, 2.05) is 17.6 Å². The first-order valence-corrected chi connectivity index (χ1v) is 22.0. The van der Waals surface area contributed by atoms with Crippen LogP contribution in [0.4, 0.5) is 8.78 Å². The van der Waals surface area contributed by atoms with Crippen LogP contribution in [0.3, 0.4) is 0 Å². The van der Waals surface area contributed by atoms with Gasteiger partial charge in [0, 0.05) is 93.2 Å². The molecule has 1 aliphatic carbocycles. The van der Waals surface area contributed by atoms with Gasteiger partial charge in [-0.3, -0.25) is 28.1 Å². The van der Waals surface area contributed by atoms with E-state index in [9.17, 15) is 9.59 Å². The molecular weight excluding hydrogens is 875 g/mol. The molecule has 3 aromatic carbocycles. The molecular formula is C48H48CaF2N10O5. The van der Waals surface area contributed by atoms with Gasteiger partial charge in [-0.15, -0.1) is 0 Å². The second-order valence-corrected chi connectivity index (χ2v) is 18.8. The second kappa shape index (κ2) is 15.7. The number of nitrogens with zero attached hydrogens (tertiary/aromatic N) is 9. The Bertz CT molecular complexity index is 3380. The number of aryl methyl sites for hydroxylation is 3. The average Bonchev–Trinajstić information content (AvgIpc) is 3.90. The molecule has 2 radical (unpaired) electrons. The van der Waals surface area contributed by atoms with Crippen LogP contribution in [0.1, 0.15) is 103 Å². The van der Waals surface area contributed by atoms with E-state index in [0.717, 1.165) is 29.3 Å². The van der Waals surface area contributed by atoms with E-state index < -0.39 is 28.8 Å². The number of aromatic nitrogens is 9. The molecule has 3 aliphatic rings. The molecule has 0 bridgehead atoms. The standard InChI is InChI=1S/C48H48F2N10O5.Ca/c1-25-18-32(19-26(2)40(25)49)60-42(58-16-15-57(46(58)63)37-11-10-36-33(41(37)50)24-51-55(36)7)39-28(4)56(14-12-34(39)53-60)43(61)38-21-31-20-29(30-13-17-64-47(5,6)23-30)8-9-35(31)59(38)48(22-27(48)3)44-52-45(62)65-54-44;/h8-11,15-16,18-21,24,27-28,30H,12-14,17,22-23H2,1-7H3,(H,52,54,62);/t27-,28-,30-,48-;/m0./s1. The number of rotatable bonds is 7. The third-order valence-electron chi connectivity index (χ3n) is 14.2. The van der Waals surface area contributed by atoms with Crippen molar-refractivity contribution < 1.29 is 22.8 Å². The van der Waals surface area contributed by atoms with Gasteiger partial charge in [0.1, 0.15) is 22.9 Å². The summed E-state index contributed by atoms with van der Waals surface area (Å²) in [6.45, 7) is 12.5. The summed E-state index contributed by atoms with van der Waals surface area (Å²) in [6, 6.07) is 14.3. The van der Waals surface area contributed by atoms with Gasteiger partial charge < -0.3 is 14.2 Å². The minimum absolute atomic E-state index is 0. The third-order valence-corrected chi connectivity index (χ3v) is 14.2. The van der Waals surface area contributed by atoms with Crippen molar-refractivity contribution in [1.29, 1.82) is 0 Å². The summed E-state index contributed by atoms with van der Waals surface area (Å²) in [5, 5.41) is 14.6. The molecule has 4 atom stereocenters. The van der Waals surface area contributed by atoms with Gasteiger partial charge in [-0.2, -0.15) is 10.2 Å². The predicted octanol–water partition coefficient (Wildman–Crippen LogP) is 7.06. The SMILES string of the molecule is Cc1cc(-n2nc3c(c2-n2ccn(-c4ccc5c(cnn5C)c4F)c2=O)[C@H](C)N(C(=O)c2cc4cc([C@H]5CCOC(C)(C)C5)ccc4n2[C@@]2(c4noc(=O)[nH]4)C[C@@H]2C)CC3)cc(C)c1F.[Ca]. The van der Waals surface area contributed by atoms with E-state index in [0.29, 0.717) is 76.9 Å². The molecule has 8 aromatic rings. The van der Waals surface area contributed by atoms with Gasteiger partial charge in [-0.1, -0.05) is 18.1 Å². The van der Waals surface area contributed by atoms with Gasteiger partial charge in [0.15, 0.2) is 11.6 Å². The number of carbonyl (C=O) groups is 1. The van der Waals surface area contributed by atoms with Crippen molar-refractivity contribution in [3.8, 4) is 17.2 Å². The fraction of sp³-hybridized carbons (Fsp3) is 0.375. The summed E-state index contributed by atoms with van der Waals surface area (Å²) in [5.74, 6) is -0.925. The molecule has 336 valence electrons. The summed E-state index contributed by atoms with van der Waals surface area (Å²) in [5.41, 5.74) is 3.92. The molecule has 1 amide bonds. The number of hydrogen-bond donors (Lipinski definition) is 1. The van der Waals surface area contributed by atoms with E-state index >= 15 is 13.6 Å². The zero-order valence-corrected chi connectivity index (χ0v) is 40.1. The number of imidazole rings is 1. The molecule has 5 aromatic heterocycles. The van der Waals surface area contributed by atoms with Crippen LogP contribution in [0.15, 0.2) is 81.2 Å². The number of fused-ring (bicyclic) bond motifs is 3. The summed E-state index contributed by atoms with van der Waals surface area (Å²) >= 11 is 0. The molecule has 1 N–H and O–H groups in total. The molecule has 1 saturated heterocycles. The number of amides is 1. The first-order valence-electron chi connectivity index (χ1n) is 22.0. The summed E-state index contributed by atoms with van der Waals surface area (Å²) in [4.78, 5) is 47.2. The number of H-pyrrole nitrogens is 1. The number of aromatic amines is 1. The van der Waals surface area contributed by atoms with Crippen molar-refractivity contribution in [2.24, 2.45) is 13.0 Å². The minimum atomic E-state index is -0.857. The molecule has 18 heteroatoms. The summed E-state index contributed by atoms with van der Waals surface area (Å²) in [7, 11) is 1.72. The van der Waals surface area contributed by atoms with Crippen molar-refractivity contribution >= 4 is 65.5 Å². The molecule has 7 heterocycles. The smallest absolute Gasteiger partial charge is 0.376 e. The van der Waals surface area contributed by atoms with E-state index in [-0.39, 0.29) is 78.0 Å². The number of benzene rings is 3. The minimum Gasteiger partial charge on any atom is -0.376 e. The van der Waals surface area contributed by atoms with Crippen molar-refractivity contribution in [2.75, 3.05) is 13.2 Å². The van der Waals surface area contributed by atoms with E-state index in [4.69, 9.17) is 14.4 Å². The van der Waals surface area contributed by atoms with Gasteiger partial charge in [0.2, 0.25) is 0 Å². The van der Waals surface area contributed by atoms with E-state index in [1.165, 1.54) is 21.5 Å². The number of ether oxygens (including phenoxy) is 1. The Kier molecular flexibility index (Phi) is 10.5. The van der Waals surface area contributed by atoms with Crippen molar-refractivity contribution in [2.45, 2.75) is 90.3 Å². The van der Waals surface area contributed by atoms with Crippen LogP contribution in [0.25, 0.3) is 39.0 Å². The van der Waals surface area contributed by atoms with Crippen LogP contribution in [0.2, 0.25) is 0 Å². The normalized spacial score (nSPS) is 21.3. The number of carbonyl (C=O) groups excluding carboxylic acids is 1. The molecule has 15 nitrogen and oxygen atoms in total. The van der Waals surface area contributed by atoms with Crippen molar-refractivity contribution in [3.05, 3.63) is 139 Å². The molecule has 1 saturated carbocycles. The van der Waals surface area contributed by atoms with E-state index in [1.54, 1.807) is 65.6 Å². The van der Waals surface area contributed by atoms with Crippen LogP contribution in [0.5, 0.6) is 0 Å². The number of hydrogen-bond acceptors (Lipinski definition) is 8. The van der Waals surface area contributed by atoms with Gasteiger partial charge in [0.05, 0.1) is 45.8 Å². The maximum Gasteiger partial charge on any atom is 0.438 e. The van der Waals surface area contributed by atoms with Crippen LogP contribution in [-0.2, 0) is 23.7 Å². The summed E-state index contributed by atoms with van der Waals surface area (Å²) < 4.78 is 50.2. The third kappa shape index (κ3) is 6.70. The Balaban J connectivity index is 0.00000511. The van der Waals surface area contributed by atoms with Gasteiger partial charge in [0.25, 0.3) is 5.91 Å². The molecule has 0 unspecified atom stereocenters.